The quantitative estimate of drug-likeness (QED) is 0.339. The van der Waals surface area contributed by atoms with Gasteiger partial charge in [0, 0.05) is 50.1 Å². The Morgan fingerprint density at radius 2 is 1.73 bits per heavy atom. The van der Waals surface area contributed by atoms with Gasteiger partial charge < -0.3 is 10.0 Å². The lowest BCUT2D eigenvalue weighted by Crippen LogP contribution is -2.44. The number of aryl methyl sites for hydroxylation is 1. The van der Waals surface area contributed by atoms with Crippen LogP contribution in [0.5, 0.6) is 0 Å². The van der Waals surface area contributed by atoms with E-state index in [1.54, 1.807) is 24.3 Å². The molecule has 220 valence electrons. The summed E-state index contributed by atoms with van der Waals surface area (Å²) >= 11 is 0. The van der Waals surface area contributed by atoms with E-state index in [4.69, 9.17) is 5.10 Å². The van der Waals surface area contributed by atoms with Crippen LogP contribution in [0.15, 0.2) is 54.6 Å². The van der Waals surface area contributed by atoms with Gasteiger partial charge in [0.25, 0.3) is 0 Å². The van der Waals surface area contributed by atoms with E-state index in [-0.39, 0.29) is 29.4 Å². The van der Waals surface area contributed by atoms with Crippen molar-refractivity contribution in [1.29, 1.82) is 0 Å². The SMILES string of the molecule is CCn1nc(Cc2cccc(F)c2)cc1C1CCN(C[C@H]2CN([C@@H](C(=O)O)C(C)C)C[C@@H]2c2cccc(F)c2)CC1. The third-order valence-corrected chi connectivity index (χ3v) is 8.96. The van der Waals surface area contributed by atoms with E-state index in [2.05, 4.69) is 27.5 Å². The van der Waals surface area contributed by atoms with Crippen molar-refractivity contribution in [3.05, 3.63) is 88.7 Å². The fraction of sp³-hybridized carbons (Fsp3) is 0.515. The van der Waals surface area contributed by atoms with Gasteiger partial charge in [-0.3, -0.25) is 14.4 Å². The van der Waals surface area contributed by atoms with Crippen molar-refractivity contribution in [2.45, 2.75) is 64.5 Å². The summed E-state index contributed by atoms with van der Waals surface area (Å²) in [5, 5.41) is 14.8. The fourth-order valence-electron chi connectivity index (χ4n) is 7.05. The van der Waals surface area contributed by atoms with Crippen LogP contribution in [0.2, 0.25) is 0 Å². The maximum atomic E-state index is 14.2. The molecule has 1 N–H and O–H groups in total. The first-order valence-electron chi connectivity index (χ1n) is 15.0. The van der Waals surface area contributed by atoms with Crippen molar-refractivity contribution in [2.75, 3.05) is 32.7 Å². The molecule has 2 fully saturated rings. The van der Waals surface area contributed by atoms with Crippen molar-refractivity contribution in [3.63, 3.8) is 0 Å². The number of halogens is 2. The summed E-state index contributed by atoms with van der Waals surface area (Å²) in [7, 11) is 0. The van der Waals surface area contributed by atoms with E-state index in [0.29, 0.717) is 25.4 Å². The molecular weight excluding hydrogens is 522 g/mol. The smallest absolute Gasteiger partial charge is 0.321 e. The molecule has 2 saturated heterocycles. The first-order valence-corrected chi connectivity index (χ1v) is 15.0. The molecule has 2 aromatic carbocycles. The lowest BCUT2D eigenvalue weighted by molar-refractivity contribution is -0.144. The van der Waals surface area contributed by atoms with Crippen LogP contribution in [-0.2, 0) is 17.8 Å². The highest BCUT2D eigenvalue weighted by atomic mass is 19.1. The number of aromatic nitrogens is 2. The summed E-state index contributed by atoms with van der Waals surface area (Å²) in [6.45, 7) is 10.9. The summed E-state index contributed by atoms with van der Waals surface area (Å²) in [5.74, 6) is -0.533. The topological polar surface area (TPSA) is 61.6 Å². The lowest BCUT2D eigenvalue weighted by Gasteiger charge is -2.35. The number of carbonyl (C=O) groups is 1. The minimum atomic E-state index is -0.788. The molecule has 0 bridgehead atoms. The van der Waals surface area contributed by atoms with Gasteiger partial charge in [-0.15, -0.1) is 0 Å². The highest BCUT2D eigenvalue weighted by Gasteiger charge is 2.41. The van der Waals surface area contributed by atoms with E-state index in [1.165, 1.54) is 17.8 Å². The molecule has 3 aromatic rings. The molecule has 0 spiro atoms. The van der Waals surface area contributed by atoms with Crippen LogP contribution in [0.25, 0.3) is 0 Å². The highest BCUT2D eigenvalue weighted by molar-refractivity contribution is 5.73. The molecule has 41 heavy (non-hydrogen) atoms. The van der Waals surface area contributed by atoms with E-state index in [1.807, 2.05) is 26.0 Å². The number of hydrogen-bond acceptors (Lipinski definition) is 4. The van der Waals surface area contributed by atoms with Gasteiger partial charge in [-0.25, -0.2) is 8.78 Å². The zero-order valence-electron chi connectivity index (χ0n) is 24.3. The minimum Gasteiger partial charge on any atom is -0.480 e. The number of aliphatic carboxylic acids is 1. The molecule has 2 aliphatic heterocycles. The Kier molecular flexibility index (Phi) is 9.19. The van der Waals surface area contributed by atoms with Crippen molar-refractivity contribution < 1.29 is 18.7 Å². The molecule has 0 aliphatic carbocycles. The van der Waals surface area contributed by atoms with Gasteiger partial charge in [-0.05, 0) is 86.1 Å². The molecule has 1 aromatic heterocycles. The van der Waals surface area contributed by atoms with Crippen LogP contribution in [0, 0.1) is 23.5 Å². The summed E-state index contributed by atoms with van der Waals surface area (Å²) < 4.78 is 30.0. The van der Waals surface area contributed by atoms with Crippen molar-refractivity contribution >= 4 is 5.97 Å². The molecule has 0 unspecified atom stereocenters. The second kappa shape index (κ2) is 12.8. The number of benzene rings is 2. The highest BCUT2D eigenvalue weighted by Crippen LogP contribution is 2.37. The molecule has 5 rings (SSSR count). The van der Waals surface area contributed by atoms with Gasteiger partial charge in [-0.1, -0.05) is 38.1 Å². The third-order valence-electron chi connectivity index (χ3n) is 8.96. The van der Waals surface area contributed by atoms with Gasteiger partial charge >= 0.3 is 5.97 Å². The normalized spacial score (nSPS) is 21.5. The first-order chi connectivity index (χ1) is 19.7. The molecule has 8 heteroatoms. The number of hydrogen-bond donors (Lipinski definition) is 1. The number of nitrogens with zero attached hydrogens (tertiary/aromatic N) is 4. The van der Waals surface area contributed by atoms with Crippen molar-refractivity contribution in [3.8, 4) is 0 Å². The van der Waals surface area contributed by atoms with Crippen LogP contribution >= 0.6 is 0 Å². The number of piperidine rings is 1. The maximum Gasteiger partial charge on any atom is 0.321 e. The van der Waals surface area contributed by atoms with Crippen molar-refractivity contribution in [1.82, 2.24) is 19.6 Å². The Morgan fingerprint density at radius 3 is 2.37 bits per heavy atom. The number of carboxylic acids is 1. The van der Waals surface area contributed by atoms with E-state index >= 15 is 0 Å². The molecule has 0 saturated carbocycles. The van der Waals surface area contributed by atoms with Crippen LogP contribution in [0.4, 0.5) is 8.78 Å². The largest absolute Gasteiger partial charge is 0.480 e. The van der Waals surface area contributed by atoms with Gasteiger partial charge in [0.1, 0.15) is 17.7 Å². The Bertz CT molecular complexity index is 1330. The molecule has 0 radical (unpaired) electrons. The predicted molar refractivity (Wildman–Crippen MR) is 156 cm³/mol. The standard InChI is InChI=1S/C33H42F2N4O2/c1-4-39-31(18-29(36-39)16-23-7-5-9-27(34)15-23)24-11-13-37(14-12-24)19-26-20-38(32(22(2)3)33(40)41)21-30(26)25-8-6-10-28(35)17-25/h5-10,15,17-18,22,24,26,30,32H,4,11-14,16,19-21H2,1-3H3,(H,40,41)/t26-,30+,32+/m0/s1. The summed E-state index contributed by atoms with van der Waals surface area (Å²) in [6, 6.07) is 15.2. The van der Waals surface area contributed by atoms with Gasteiger partial charge in [0.05, 0.1) is 5.69 Å². The Morgan fingerprint density at radius 1 is 1.02 bits per heavy atom. The first kappa shape index (κ1) is 29.4. The lowest BCUT2D eigenvalue weighted by atomic mass is 9.87. The average molecular weight is 565 g/mol. The van der Waals surface area contributed by atoms with Crippen LogP contribution in [-0.4, -0.2) is 69.4 Å². The molecular formula is C33H42F2N4O2. The molecule has 0 amide bonds. The van der Waals surface area contributed by atoms with Gasteiger partial charge in [-0.2, -0.15) is 5.10 Å². The van der Waals surface area contributed by atoms with Gasteiger partial charge in [0.2, 0.25) is 0 Å². The third kappa shape index (κ3) is 6.87. The van der Waals surface area contributed by atoms with E-state index < -0.39 is 12.0 Å². The Balaban J connectivity index is 1.26. The summed E-state index contributed by atoms with van der Waals surface area (Å²) in [5.41, 5.74) is 4.10. The molecule has 3 heterocycles. The zero-order chi connectivity index (χ0) is 29.1. The summed E-state index contributed by atoms with van der Waals surface area (Å²) in [4.78, 5) is 16.7. The number of likely N-dealkylation sites (tertiary alicyclic amines) is 2. The summed E-state index contributed by atoms with van der Waals surface area (Å²) in [6.07, 6.45) is 2.66. The molecule has 3 atom stereocenters. The van der Waals surface area contributed by atoms with E-state index in [9.17, 15) is 18.7 Å². The van der Waals surface area contributed by atoms with E-state index in [0.717, 1.165) is 55.8 Å². The zero-order valence-corrected chi connectivity index (χ0v) is 24.3. The monoisotopic (exact) mass is 564 g/mol. The van der Waals surface area contributed by atoms with Crippen molar-refractivity contribution in [2.24, 2.45) is 11.8 Å². The predicted octanol–water partition coefficient (Wildman–Crippen LogP) is 5.78. The Labute approximate surface area is 242 Å². The van der Waals surface area contributed by atoms with Gasteiger partial charge in [0.15, 0.2) is 0 Å². The fourth-order valence-corrected chi connectivity index (χ4v) is 7.05. The minimum absolute atomic E-state index is 0.00984. The Hall–Kier alpha value is -3.10. The molecule has 6 nitrogen and oxygen atoms in total. The van der Waals surface area contributed by atoms with Crippen LogP contribution in [0.3, 0.4) is 0 Å². The van der Waals surface area contributed by atoms with Crippen LogP contribution in [0.1, 0.15) is 68.0 Å². The number of carboxylic acid groups (broad SMARTS) is 1. The van der Waals surface area contributed by atoms with Crippen LogP contribution < -0.4 is 0 Å². The average Bonchev–Trinajstić information content (AvgIpc) is 3.52. The maximum absolute atomic E-state index is 14.2. The molecule has 2 aliphatic rings. The number of rotatable bonds is 10. The second-order valence-electron chi connectivity index (χ2n) is 12.2. The second-order valence-corrected chi connectivity index (χ2v) is 12.2.